The van der Waals surface area contributed by atoms with Crippen LogP contribution in [0.4, 0.5) is 0 Å². The van der Waals surface area contributed by atoms with E-state index in [-0.39, 0.29) is 23.8 Å². The summed E-state index contributed by atoms with van der Waals surface area (Å²) in [5.41, 5.74) is 3.80. The Bertz CT molecular complexity index is 929. The fourth-order valence-electron chi connectivity index (χ4n) is 5.69. The van der Waals surface area contributed by atoms with Crippen LogP contribution in [0.25, 0.3) is 0 Å². The second-order valence-corrected chi connectivity index (χ2v) is 9.82. The average molecular weight is 444 g/mol. The van der Waals surface area contributed by atoms with Gasteiger partial charge in [0.05, 0.1) is 23.4 Å². The van der Waals surface area contributed by atoms with Crippen molar-refractivity contribution in [1.82, 2.24) is 25.3 Å². The van der Waals surface area contributed by atoms with E-state index in [0.717, 1.165) is 56.7 Å². The Balaban J connectivity index is 1.31. The van der Waals surface area contributed by atoms with Gasteiger partial charge in [-0.2, -0.15) is 0 Å². The van der Waals surface area contributed by atoms with Crippen molar-refractivity contribution in [2.45, 2.75) is 57.7 Å². The molecule has 2 aromatic heterocycles. The van der Waals surface area contributed by atoms with Gasteiger partial charge in [0.15, 0.2) is 5.76 Å². The van der Waals surface area contributed by atoms with E-state index in [0.29, 0.717) is 24.6 Å². The Morgan fingerprint density at radius 1 is 1.35 bits per heavy atom. The van der Waals surface area contributed by atoms with E-state index < -0.39 is 6.04 Å². The molecule has 0 aromatic carbocycles. The Morgan fingerprint density at radius 3 is 3.00 bits per heavy atom. The number of nitrogens with one attached hydrogen (secondary N) is 1. The molecule has 4 atom stereocenters. The smallest absolute Gasteiger partial charge is 0.243 e. The molecular formula is C22H29N5O3S. The number of aromatic nitrogens is 2. The summed E-state index contributed by atoms with van der Waals surface area (Å²) in [6.07, 6.45) is 4.41. The summed E-state index contributed by atoms with van der Waals surface area (Å²) in [6.45, 7) is 4.95. The van der Waals surface area contributed by atoms with E-state index in [9.17, 15) is 9.59 Å². The summed E-state index contributed by atoms with van der Waals surface area (Å²) in [7, 11) is 0. The Labute approximate surface area is 186 Å². The molecular weight excluding hydrogens is 414 g/mol. The van der Waals surface area contributed by atoms with Gasteiger partial charge in [0, 0.05) is 55.9 Å². The molecule has 31 heavy (non-hydrogen) atoms. The second kappa shape index (κ2) is 8.70. The number of carbonyl (C=O) groups is 2. The van der Waals surface area contributed by atoms with Crippen LogP contribution in [0, 0.1) is 18.8 Å². The van der Waals surface area contributed by atoms with E-state index in [4.69, 9.17) is 4.52 Å². The van der Waals surface area contributed by atoms with Gasteiger partial charge in [0.25, 0.3) is 0 Å². The fraction of sp³-hybridized carbons (Fsp3) is 0.636. The van der Waals surface area contributed by atoms with Crippen LogP contribution in [0.5, 0.6) is 0 Å². The molecule has 0 saturated carbocycles. The van der Waals surface area contributed by atoms with Crippen LogP contribution in [-0.2, 0) is 22.6 Å². The van der Waals surface area contributed by atoms with Crippen molar-refractivity contribution in [3.8, 4) is 0 Å². The van der Waals surface area contributed by atoms with Gasteiger partial charge in [0.1, 0.15) is 6.04 Å². The number of piperidine rings is 3. The topological polar surface area (TPSA) is 91.6 Å². The molecule has 0 aliphatic carbocycles. The lowest BCUT2D eigenvalue weighted by Gasteiger charge is -2.55. The van der Waals surface area contributed by atoms with Crippen molar-refractivity contribution >= 4 is 23.2 Å². The quantitative estimate of drug-likeness (QED) is 0.734. The number of nitrogens with zero attached hydrogens (tertiary/aromatic N) is 4. The normalized spacial score (nSPS) is 28.4. The molecule has 2 bridgehead atoms. The molecule has 3 aliphatic heterocycles. The number of hydrogen-bond donors (Lipinski definition) is 1. The van der Waals surface area contributed by atoms with E-state index in [1.54, 1.807) is 11.3 Å². The van der Waals surface area contributed by atoms with E-state index in [1.165, 1.54) is 0 Å². The van der Waals surface area contributed by atoms with Crippen molar-refractivity contribution in [3.63, 3.8) is 0 Å². The standard InChI is InChI=1S/C22H29N5O3S/c1-14-7-18(30-25-14)9-23-22(29)21-16-8-15(19-3-2-4-20(28)27(19)21)10-26(11-16)6-5-17-12-31-13-24-17/h7,12-13,15-16,19,21H,2-6,8-11H2,1H3,(H,23,29)/t15-,16+,19+,21-/m1/s1. The molecule has 2 amide bonds. The SMILES string of the molecule is Cc1cc(CNC(=O)[C@H]2[C@H]3C[C@H](CN(CCc4cscn4)C3)[C@@H]3CCCC(=O)N32)on1. The Kier molecular flexibility index (Phi) is 5.79. The number of fused-ring (bicyclic) bond motifs is 4. The van der Waals surface area contributed by atoms with Gasteiger partial charge in [-0.25, -0.2) is 4.98 Å². The van der Waals surface area contributed by atoms with Crippen LogP contribution in [-0.4, -0.2) is 63.5 Å². The summed E-state index contributed by atoms with van der Waals surface area (Å²) in [4.78, 5) is 35.1. The third-order valence-corrected chi connectivity index (χ3v) is 7.60. The summed E-state index contributed by atoms with van der Waals surface area (Å²) < 4.78 is 5.24. The van der Waals surface area contributed by atoms with E-state index in [2.05, 4.69) is 25.7 Å². The van der Waals surface area contributed by atoms with Crippen LogP contribution >= 0.6 is 11.3 Å². The monoisotopic (exact) mass is 443 g/mol. The van der Waals surface area contributed by atoms with Crippen LogP contribution in [0.1, 0.15) is 42.8 Å². The maximum Gasteiger partial charge on any atom is 0.243 e. The minimum atomic E-state index is -0.403. The second-order valence-electron chi connectivity index (χ2n) is 9.10. The third kappa shape index (κ3) is 4.25. The molecule has 1 N–H and O–H groups in total. The summed E-state index contributed by atoms with van der Waals surface area (Å²) in [5.74, 6) is 1.30. The molecule has 3 aliphatic rings. The number of carbonyl (C=O) groups excluding carboxylic acids is 2. The van der Waals surface area contributed by atoms with Crippen molar-refractivity contribution < 1.29 is 14.1 Å². The lowest BCUT2D eigenvalue weighted by atomic mass is 9.71. The number of rotatable bonds is 6. The Hall–Kier alpha value is -2.26. The molecule has 3 saturated heterocycles. The number of thiazole rings is 1. The molecule has 0 spiro atoms. The van der Waals surface area contributed by atoms with E-state index >= 15 is 0 Å². The highest BCUT2D eigenvalue weighted by Crippen LogP contribution is 2.41. The number of likely N-dealkylation sites (tertiary alicyclic amines) is 1. The van der Waals surface area contributed by atoms with E-state index in [1.807, 2.05) is 23.4 Å². The van der Waals surface area contributed by atoms with Crippen molar-refractivity contribution in [1.29, 1.82) is 0 Å². The largest absolute Gasteiger partial charge is 0.359 e. The maximum absolute atomic E-state index is 13.3. The first-order valence-electron chi connectivity index (χ1n) is 11.2. The van der Waals surface area contributed by atoms with Crippen molar-refractivity contribution in [2.24, 2.45) is 11.8 Å². The van der Waals surface area contributed by atoms with Crippen molar-refractivity contribution in [3.05, 3.63) is 34.1 Å². The maximum atomic E-state index is 13.3. The molecule has 3 fully saturated rings. The minimum Gasteiger partial charge on any atom is -0.359 e. The molecule has 5 heterocycles. The zero-order chi connectivity index (χ0) is 21.4. The van der Waals surface area contributed by atoms with Crippen LogP contribution in [0.3, 0.4) is 0 Å². The number of amides is 2. The molecule has 9 heteroatoms. The summed E-state index contributed by atoms with van der Waals surface area (Å²) >= 11 is 1.63. The van der Waals surface area contributed by atoms with Crippen molar-refractivity contribution in [2.75, 3.05) is 19.6 Å². The Morgan fingerprint density at radius 2 is 2.23 bits per heavy atom. The zero-order valence-electron chi connectivity index (χ0n) is 17.8. The van der Waals surface area contributed by atoms with Gasteiger partial charge in [0.2, 0.25) is 11.8 Å². The van der Waals surface area contributed by atoms with Crippen LogP contribution in [0.2, 0.25) is 0 Å². The molecule has 166 valence electrons. The van der Waals surface area contributed by atoms with Gasteiger partial charge in [-0.05, 0) is 32.1 Å². The number of hydrogen-bond acceptors (Lipinski definition) is 7. The summed E-state index contributed by atoms with van der Waals surface area (Å²) in [6, 6.07) is 1.59. The molecule has 0 unspecified atom stereocenters. The van der Waals surface area contributed by atoms with Gasteiger partial charge < -0.3 is 19.6 Å². The first-order chi connectivity index (χ1) is 15.1. The predicted molar refractivity (Wildman–Crippen MR) is 115 cm³/mol. The van der Waals surface area contributed by atoms with Gasteiger partial charge in [-0.15, -0.1) is 11.3 Å². The number of aryl methyl sites for hydroxylation is 1. The highest BCUT2D eigenvalue weighted by molar-refractivity contribution is 7.07. The van der Waals surface area contributed by atoms with Gasteiger partial charge in [-0.1, -0.05) is 5.16 Å². The molecule has 5 rings (SSSR count). The molecule has 2 aromatic rings. The average Bonchev–Trinajstić information content (AvgIpc) is 3.43. The van der Waals surface area contributed by atoms with Crippen LogP contribution in [0.15, 0.2) is 21.5 Å². The third-order valence-electron chi connectivity index (χ3n) is 6.97. The zero-order valence-corrected chi connectivity index (χ0v) is 18.6. The predicted octanol–water partition coefficient (Wildman–Crippen LogP) is 2.00. The van der Waals surface area contributed by atoms with Crippen LogP contribution < -0.4 is 5.32 Å². The highest BCUT2D eigenvalue weighted by atomic mass is 32.1. The van der Waals surface area contributed by atoms with Gasteiger partial charge >= 0.3 is 0 Å². The summed E-state index contributed by atoms with van der Waals surface area (Å²) in [5, 5.41) is 9.00. The first-order valence-corrected chi connectivity index (χ1v) is 12.1. The molecule has 0 radical (unpaired) electrons. The first kappa shape index (κ1) is 20.6. The lowest BCUT2D eigenvalue weighted by Crippen LogP contribution is -2.68. The molecule has 8 nitrogen and oxygen atoms in total. The highest BCUT2D eigenvalue weighted by Gasteiger charge is 2.51. The lowest BCUT2D eigenvalue weighted by molar-refractivity contribution is -0.160. The van der Waals surface area contributed by atoms with Gasteiger partial charge in [-0.3, -0.25) is 9.59 Å². The minimum absolute atomic E-state index is 0.0703. The fourth-order valence-corrected chi connectivity index (χ4v) is 6.28.